The summed E-state index contributed by atoms with van der Waals surface area (Å²) in [4.78, 5) is 23.4. The summed E-state index contributed by atoms with van der Waals surface area (Å²) >= 11 is 0. The Labute approximate surface area is 123 Å². The Morgan fingerprint density at radius 1 is 1.38 bits per heavy atom. The van der Waals surface area contributed by atoms with Crippen LogP contribution >= 0.6 is 0 Å². The summed E-state index contributed by atoms with van der Waals surface area (Å²) in [6, 6.07) is 11.3. The third kappa shape index (κ3) is 4.32. The smallest absolute Gasteiger partial charge is 0.310 e. The predicted octanol–water partition coefficient (Wildman–Crippen LogP) is 1.58. The van der Waals surface area contributed by atoms with Crippen LogP contribution in [0.5, 0.6) is 0 Å². The molecule has 0 saturated heterocycles. The fourth-order valence-electron chi connectivity index (χ4n) is 2.17. The molecule has 1 aliphatic rings. The summed E-state index contributed by atoms with van der Waals surface area (Å²) in [6.07, 6.45) is 2.02. The lowest BCUT2D eigenvalue weighted by Crippen LogP contribution is -2.48. The third-order valence-corrected chi connectivity index (χ3v) is 3.58. The summed E-state index contributed by atoms with van der Waals surface area (Å²) < 4.78 is 4.94. The predicted molar refractivity (Wildman–Crippen MR) is 76.0 cm³/mol. The molecular formula is C16H18N2O3. The van der Waals surface area contributed by atoms with Gasteiger partial charge in [0.15, 0.2) is 6.61 Å². The van der Waals surface area contributed by atoms with Gasteiger partial charge >= 0.3 is 5.97 Å². The van der Waals surface area contributed by atoms with Gasteiger partial charge in [0.25, 0.3) is 5.91 Å². The Morgan fingerprint density at radius 3 is 2.62 bits per heavy atom. The SMILES string of the molecule is C[C@](C#N)(NC(=O)COC(=O)Cc1ccccc1)C1CC1. The Hall–Kier alpha value is -2.35. The molecule has 1 amide bonds. The highest BCUT2D eigenvalue weighted by atomic mass is 16.5. The molecule has 0 unspecified atom stereocenters. The minimum atomic E-state index is -0.858. The van der Waals surface area contributed by atoms with Gasteiger partial charge in [-0.3, -0.25) is 9.59 Å². The number of carbonyl (C=O) groups excluding carboxylic acids is 2. The Balaban J connectivity index is 1.76. The van der Waals surface area contributed by atoms with Crippen LogP contribution in [-0.2, 0) is 20.7 Å². The number of nitriles is 1. The van der Waals surface area contributed by atoms with Crippen molar-refractivity contribution in [2.75, 3.05) is 6.61 Å². The summed E-state index contributed by atoms with van der Waals surface area (Å²) in [5.41, 5.74) is -0.0223. The lowest BCUT2D eigenvalue weighted by Gasteiger charge is -2.22. The normalized spacial score (nSPS) is 16.4. The quantitative estimate of drug-likeness (QED) is 0.805. The molecule has 1 fully saturated rings. The second-order valence-corrected chi connectivity index (χ2v) is 5.46. The van der Waals surface area contributed by atoms with Crippen molar-refractivity contribution in [1.82, 2.24) is 5.32 Å². The van der Waals surface area contributed by atoms with E-state index in [0.717, 1.165) is 18.4 Å². The van der Waals surface area contributed by atoms with Gasteiger partial charge in [0.1, 0.15) is 5.54 Å². The number of hydrogen-bond donors (Lipinski definition) is 1. The minimum Gasteiger partial charge on any atom is -0.455 e. The third-order valence-electron chi connectivity index (χ3n) is 3.58. The number of amides is 1. The van der Waals surface area contributed by atoms with Crippen molar-refractivity contribution >= 4 is 11.9 Å². The molecule has 1 aliphatic carbocycles. The van der Waals surface area contributed by atoms with Crippen molar-refractivity contribution in [3.05, 3.63) is 35.9 Å². The summed E-state index contributed by atoms with van der Waals surface area (Å²) in [5.74, 6) is -0.694. The molecule has 0 bridgehead atoms. The maximum Gasteiger partial charge on any atom is 0.310 e. The van der Waals surface area contributed by atoms with Gasteiger partial charge in [0, 0.05) is 0 Å². The molecule has 1 N–H and O–H groups in total. The van der Waals surface area contributed by atoms with Gasteiger partial charge in [-0.2, -0.15) is 5.26 Å². The van der Waals surface area contributed by atoms with Crippen LogP contribution in [0.25, 0.3) is 0 Å². The van der Waals surface area contributed by atoms with Crippen LogP contribution < -0.4 is 5.32 Å². The number of rotatable bonds is 6. The van der Waals surface area contributed by atoms with Gasteiger partial charge in [0.2, 0.25) is 0 Å². The number of esters is 1. The molecule has 0 aliphatic heterocycles. The Morgan fingerprint density at radius 2 is 2.05 bits per heavy atom. The minimum absolute atomic E-state index is 0.131. The molecule has 5 nitrogen and oxygen atoms in total. The standard InChI is InChI=1S/C16H18N2O3/c1-16(11-17,13-7-8-13)18-14(19)10-21-15(20)9-12-5-3-2-4-6-12/h2-6,13H,7-10H2,1H3,(H,18,19)/t16-/m1/s1. The van der Waals surface area contributed by atoms with E-state index in [1.807, 2.05) is 30.3 Å². The van der Waals surface area contributed by atoms with Crippen LogP contribution in [0.2, 0.25) is 0 Å². The first-order valence-electron chi connectivity index (χ1n) is 6.95. The molecule has 1 aromatic carbocycles. The molecule has 1 atom stereocenters. The van der Waals surface area contributed by atoms with Gasteiger partial charge in [0.05, 0.1) is 12.5 Å². The average molecular weight is 286 g/mol. The van der Waals surface area contributed by atoms with Gasteiger partial charge < -0.3 is 10.1 Å². The second kappa shape index (κ2) is 6.40. The molecule has 1 saturated carbocycles. The van der Waals surface area contributed by atoms with E-state index in [2.05, 4.69) is 11.4 Å². The van der Waals surface area contributed by atoms with E-state index in [1.165, 1.54) is 0 Å². The summed E-state index contributed by atoms with van der Waals surface area (Å²) in [7, 11) is 0. The average Bonchev–Trinajstić information content (AvgIpc) is 3.31. The van der Waals surface area contributed by atoms with Crippen molar-refractivity contribution in [3.63, 3.8) is 0 Å². The maximum atomic E-state index is 11.8. The molecule has 21 heavy (non-hydrogen) atoms. The van der Waals surface area contributed by atoms with Crippen molar-refractivity contribution in [2.45, 2.75) is 31.7 Å². The van der Waals surface area contributed by atoms with Crippen LogP contribution in [-0.4, -0.2) is 24.0 Å². The highest BCUT2D eigenvalue weighted by Crippen LogP contribution is 2.39. The van der Waals surface area contributed by atoms with E-state index in [4.69, 9.17) is 10.00 Å². The van der Waals surface area contributed by atoms with E-state index in [1.54, 1.807) is 6.92 Å². The van der Waals surface area contributed by atoms with E-state index in [9.17, 15) is 9.59 Å². The van der Waals surface area contributed by atoms with Crippen LogP contribution in [0.15, 0.2) is 30.3 Å². The van der Waals surface area contributed by atoms with Crippen molar-refractivity contribution in [1.29, 1.82) is 5.26 Å². The van der Waals surface area contributed by atoms with Gasteiger partial charge in [-0.05, 0) is 31.2 Å². The first-order valence-corrected chi connectivity index (χ1v) is 6.95. The maximum absolute atomic E-state index is 11.8. The number of carbonyl (C=O) groups is 2. The van der Waals surface area contributed by atoms with Crippen molar-refractivity contribution in [2.24, 2.45) is 5.92 Å². The number of nitrogens with zero attached hydrogens (tertiary/aromatic N) is 1. The zero-order valence-corrected chi connectivity index (χ0v) is 12.0. The van der Waals surface area contributed by atoms with Crippen LogP contribution in [0, 0.1) is 17.2 Å². The number of nitrogens with one attached hydrogen (secondary N) is 1. The van der Waals surface area contributed by atoms with Crippen LogP contribution in [0.4, 0.5) is 0 Å². The molecule has 5 heteroatoms. The molecule has 0 heterocycles. The van der Waals surface area contributed by atoms with E-state index >= 15 is 0 Å². The topological polar surface area (TPSA) is 79.2 Å². The van der Waals surface area contributed by atoms with Gasteiger partial charge in [-0.25, -0.2) is 0 Å². The molecule has 2 rings (SSSR count). The molecule has 0 spiro atoms. The van der Waals surface area contributed by atoms with E-state index < -0.39 is 17.4 Å². The number of benzene rings is 1. The first-order chi connectivity index (χ1) is 10.0. The van der Waals surface area contributed by atoms with Crippen molar-refractivity contribution < 1.29 is 14.3 Å². The van der Waals surface area contributed by atoms with Gasteiger partial charge in [-0.15, -0.1) is 0 Å². The zero-order chi connectivity index (χ0) is 15.3. The summed E-state index contributed by atoms with van der Waals surface area (Å²) in [5, 5.41) is 11.8. The molecule has 110 valence electrons. The van der Waals surface area contributed by atoms with Crippen LogP contribution in [0.1, 0.15) is 25.3 Å². The second-order valence-electron chi connectivity index (χ2n) is 5.46. The van der Waals surface area contributed by atoms with Gasteiger partial charge in [-0.1, -0.05) is 30.3 Å². The molecule has 0 aromatic heterocycles. The zero-order valence-electron chi connectivity index (χ0n) is 12.0. The number of hydrogen-bond acceptors (Lipinski definition) is 4. The highest BCUT2D eigenvalue weighted by molar-refractivity contribution is 5.82. The lowest BCUT2D eigenvalue weighted by molar-refractivity contribution is -0.148. The monoisotopic (exact) mass is 286 g/mol. The Kier molecular flexibility index (Phi) is 4.59. The van der Waals surface area contributed by atoms with E-state index in [0.29, 0.717) is 0 Å². The fraction of sp³-hybridized carbons (Fsp3) is 0.438. The molecular weight excluding hydrogens is 268 g/mol. The summed E-state index contributed by atoms with van der Waals surface area (Å²) in [6.45, 7) is 1.35. The lowest BCUT2D eigenvalue weighted by atomic mass is 9.98. The van der Waals surface area contributed by atoms with E-state index in [-0.39, 0.29) is 18.9 Å². The van der Waals surface area contributed by atoms with Crippen molar-refractivity contribution in [3.8, 4) is 6.07 Å². The highest BCUT2D eigenvalue weighted by Gasteiger charge is 2.43. The first kappa shape index (κ1) is 15.0. The number of ether oxygens (including phenoxy) is 1. The molecule has 0 radical (unpaired) electrons. The van der Waals surface area contributed by atoms with Crippen LogP contribution in [0.3, 0.4) is 0 Å². The molecule has 1 aromatic rings. The fourth-order valence-corrected chi connectivity index (χ4v) is 2.17. The largest absolute Gasteiger partial charge is 0.455 e. The Bertz CT molecular complexity index is 561.